The maximum absolute atomic E-state index is 6.87. The Kier molecular flexibility index (Phi) is 2.47. The summed E-state index contributed by atoms with van der Waals surface area (Å²) in [6.07, 6.45) is 1.80. The molecular formula is C13H10N2. The second-order valence-electron chi connectivity index (χ2n) is 3.34. The number of nitrogens with zero attached hydrogens (tertiary/aromatic N) is 2. The van der Waals surface area contributed by atoms with Crippen molar-refractivity contribution in [2.24, 2.45) is 0 Å². The lowest BCUT2D eigenvalue weighted by Crippen LogP contribution is -1.82. The first kappa shape index (κ1) is 9.42. The van der Waals surface area contributed by atoms with Gasteiger partial charge in [-0.15, -0.1) is 0 Å². The van der Waals surface area contributed by atoms with Crippen LogP contribution < -0.4 is 0 Å². The van der Waals surface area contributed by atoms with Crippen molar-refractivity contribution in [3.8, 4) is 11.1 Å². The largest absolute Gasteiger partial charge is 0.262 e. The maximum atomic E-state index is 6.87. The predicted octanol–water partition coefficient (Wildman–Crippen LogP) is 3.61. The van der Waals surface area contributed by atoms with Crippen LogP contribution in [0, 0.1) is 13.5 Å². The average molecular weight is 194 g/mol. The van der Waals surface area contributed by atoms with Crippen molar-refractivity contribution in [2.75, 3.05) is 0 Å². The molecule has 1 heterocycles. The zero-order valence-corrected chi connectivity index (χ0v) is 8.44. The number of rotatable bonds is 1. The molecule has 2 rings (SSSR count). The van der Waals surface area contributed by atoms with Crippen molar-refractivity contribution >= 4 is 5.69 Å². The van der Waals surface area contributed by atoms with Gasteiger partial charge in [0.15, 0.2) is 5.69 Å². The Morgan fingerprint density at radius 2 is 1.80 bits per heavy atom. The van der Waals surface area contributed by atoms with E-state index < -0.39 is 0 Å². The molecule has 15 heavy (non-hydrogen) atoms. The molecule has 0 fully saturated rings. The van der Waals surface area contributed by atoms with Gasteiger partial charge in [0.25, 0.3) is 0 Å². The summed E-state index contributed by atoms with van der Waals surface area (Å²) in [5.74, 6) is 0. The van der Waals surface area contributed by atoms with Crippen molar-refractivity contribution in [1.82, 2.24) is 4.98 Å². The molecule has 1 aromatic carbocycles. The lowest BCUT2D eigenvalue weighted by Gasteiger charge is -2.02. The van der Waals surface area contributed by atoms with E-state index in [0.717, 1.165) is 16.8 Å². The van der Waals surface area contributed by atoms with Crippen LogP contribution in [0.2, 0.25) is 0 Å². The van der Waals surface area contributed by atoms with Gasteiger partial charge < -0.3 is 0 Å². The number of aromatic nitrogens is 1. The fraction of sp³-hybridized carbons (Fsp3) is 0.0769. The van der Waals surface area contributed by atoms with E-state index in [-0.39, 0.29) is 0 Å². The van der Waals surface area contributed by atoms with Gasteiger partial charge in [0, 0.05) is 11.9 Å². The second kappa shape index (κ2) is 3.93. The highest BCUT2D eigenvalue weighted by Gasteiger charge is 1.98. The summed E-state index contributed by atoms with van der Waals surface area (Å²) >= 11 is 0. The number of hydrogen-bond donors (Lipinski definition) is 0. The third-order valence-corrected chi connectivity index (χ3v) is 2.23. The molecule has 0 bridgehead atoms. The molecule has 2 nitrogen and oxygen atoms in total. The molecule has 2 heteroatoms. The van der Waals surface area contributed by atoms with E-state index in [1.165, 1.54) is 0 Å². The van der Waals surface area contributed by atoms with Gasteiger partial charge in [-0.25, -0.2) is 4.85 Å². The van der Waals surface area contributed by atoms with Crippen molar-refractivity contribution < 1.29 is 0 Å². The van der Waals surface area contributed by atoms with Crippen LogP contribution >= 0.6 is 0 Å². The van der Waals surface area contributed by atoms with Gasteiger partial charge in [0.1, 0.15) is 0 Å². The van der Waals surface area contributed by atoms with Crippen LogP contribution in [0.5, 0.6) is 0 Å². The molecule has 0 aliphatic rings. The number of hydrogen-bond acceptors (Lipinski definition) is 1. The van der Waals surface area contributed by atoms with Gasteiger partial charge in [-0.3, -0.25) is 4.98 Å². The zero-order chi connectivity index (χ0) is 10.7. The summed E-state index contributed by atoms with van der Waals surface area (Å²) in [5, 5.41) is 0. The molecule has 0 atom stereocenters. The van der Waals surface area contributed by atoms with Crippen LogP contribution in [0.4, 0.5) is 5.69 Å². The minimum atomic E-state index is 0.671. The van der Waals surface area contributed by atoms with Gasteiger partial charge in [0.2, 0.25) is 0 Å². The highest BCUT2D eigenvalue weighted by Crippen LogP contribution is 2.22. The number of pyridine rings is 1. The van der Waals surface area contributed by atoms with E-state index in [1.54, 1.807) is 6.20 Å². The second-order valence-corrected chi connectivity index (χ2v) is 3.34. The van der Waals surface area contributed by atoms with E-state index in [1.807, 2.05) is 43.3 Å². The average Bonchev–Trinajstić information content (AvgIpc) is 2.29. The van der Waals surface area contributed by atoms with Crippen molar-refractivity contribution in [3.63, 3.8) is 0 Å². The Balaban J connectivity index is 2.42. The minimum absolute atomic E-state index is 0.671. The first-order valence-electron chi connectivity index (χ1n) is 4.70. The number of aryl methyl sites for hydroxylation is 1. The van der Waals surface area contributed by atoms with E-state index in [9.17, 15) is 0 Å². The summed E-state index contributed by atoms with van der Waals surface area (Å²) in [4.78, 5) is 7.51. The molecule has 72 valence electrons. The lowest BCUT2D eigenvalue weighted by atomic mass is 10.1. The van der Waals surface area contributed by atoms with Crippen LogP contribution in [0.15, 0.2) is 42.6 Å². The Morgan fingerprint density at radius 3 is 2.40 bits per heavy atom. The molecular weight excluding hydrogens is 184 g/mol. The topological polar surface area (TPSA) is 17.2 Å². The molecule has 0 aliphatic heterocycles. The highest BCUT2D eigenvalue weighted by atomic mass is 14.6. The summed E-state index contributed by atoms with van der Waals surface area (Å²) < 4.78 is 0. The molecule has 0 spiro atoms. The molecule has 1 aromatic heterocycles. The van der Waals surface area contributed by atoms with Crippen LogP contribution in [-0.2, 0) is 0 Å². The predicted molar refractivity (Wildman–Crippen MR) is 60.7 cm³/mol. The van der Waals surface area contributed by atoms with Crippen LogP contribution in [0.1, 0.15) is 5.69 Å². The molecule has 0 radical (unpaired) electrons. The van der Waals surface area contributed by atoms with Crippen molar-refractivity contribution in [1.29, 1.82) is 0 Å². The van der Waals surface area contributed by atoms with E-state index >= 15 is 0 Å². The van der Waals surface area contributed by atoms with Gasteiger partial charge in [0.05, 0.1) is 6.57 Å². The van der Waals surface area contributed by atoms with Gasteiger partial charge in [-0.05, 0) is 30.2 Å². The standard InChI is InChI=1S/C13H10N2/c1-10-9-12(7-8-15-10)11-3-5-13(14-2)6-4-11/h3-9H,1H3. The third kappa shape index (κ3) is 2.03. The fourth-order valence-corrected chi connectivity index (χ4v) is 1.45. The molecule has 0 amide bonds. The lowest BCUT2D eigenvalue weighted by molar-refractivity contribution is 1.20. The molecule has 0 N–H and O–H groups in total. The number of benzene rings is 1. The minimum Gasteiger partial charge on any atom is -0.262 e. The Labute approximate surface area is 89.0 Å². The van der Waals surface area contributed by atoms with Crippen LogP contribution in [0.3, 0.4) is 0 Å². The normalized spacial score (nSPS) is 9.60. The highest BCUT2D eigenvalue weighted by molar-refractivity contribution is 5.66. The van der Waals surface area contributed by atoms with Crippen LogP contribution in [-0.4, -0.2) is 4.98 Å². The van der Waals surface area contributed by atoms with Crippen molar-refractivity contribution in [3.05, 3.63) is 59.7 Å². The van der Waals surface area contributed by atoms with E-state index in [2.05, 4.69) is 9.83 Å². The summed E-state index contributed by atoms with van der Waals surface area (Å²) in [6, 6.07) is 11.6. The summed E-state index contributed by atoms with van der Waals surface area (Å²) in [7, 11) is 0. The van der Waals surface area contributed by atoms with Gasteiger partial charge in [-0.2, -0.15) is 0 Å². The molecule has 0 aliphatic carbocycles. The smallest absolute Gasteiger partial charge is 0.187 e. The van der Waals surface area contributed by atoms with E-state index in [4.69, 9.17) is 6.57 Å². The summed E-state index contributed by atoms with van der Waals surface area (Å²) in [6.45, 7) is 8.84. The Bertz CT molecular complexity index is 507. The third-order valence-electron chi connectivity index (χ3n) is 2.23. The van der Waals surface area contributed by atoms with Crippen LogP contribution in [0.25, 0.3) is 16.0 Å². The van der Waals surface area contributed by atoms with Gasteiger partial charge >= 0.3 is 0 Å². The first-order chi connectivity index (χ1) is 7.29. The Hall–Kier alpha value is -2.14. The fourth-order valence-electron chi connectivity index (χ4n) is 1.45. The molecule has 0 saturated heterocycles. The molecule has 2 aromatic rings. The zero-order valence-electron chi connectivity index (χ0n) is 8.44. The van der Waals surface area contributed by atoms with Gasteiger partial charge in [-0.1, -0.05) is 24.3 Å². The van der Waals surface area contributed by atoms with Crippen molar-refractivity contribution in [2.45, 2.75) is 6.92 Å². The molecule has 0 saturated carbocycles. The molecule has 0 unspecified atom stereocenters. The maximum Gasteiger partial charge on any atom is 0.187 e. The monoisotopic (exact) mass is 194 g/mol. The summed E-state index contributed by atoms with van der Waals surface area (Å²) in [5.41, 5.74) is 3.93. The van der Waals surface area contributed by atoms with E-state index in [0.29, 0.717) is 5.69 Å². The first-order valence-corrected chi connectivity index (χ1v) is 4.70. The Morgan fingerprint density at radius 1 is 1.07 bits per heavy atom. The SMILES string of the molecule is [C-]#[N+]c1ccc(-c2ccnc(C)c2)cc1. The quantitative estimate of drug-likeness (QED) is 0.634.